The maximum absolute atomic E-state index is 10.7. The monoisotopic (exact) mass is 372 g/mol. The first-order chi connectivity index (χ1) is 12.5. The highest BCUT2D eigenvalue weighted by atomic mass is 16.5. The quantitative estimate of drug-likeness (QED) is 0.338. The molecule has 1 fully saturated rings. The fourth-order valence-electron chi connectivity index (χ4n) is 2.63. The minimum Gasteiger partial charge on any atom is -0.480 e. The zero-order valence-electron chi connectivity index (χ0n) is 16.1. The third-order valence-corrected chi connectivity index (χ3v) is 4.22. The van der Waals surface area contributed by atoms with Crippen LogP contribution in [0.15, 0.2) is 0 Å². The van der Waals surface area contributed by atoms with E-state index in [4.69, 9.17) is 15.6 Å². The van der Waals surface area contributed by atoms with Gasteiger partial charge in [-0.05, 0) is 12.8 Å². The number of nitrogens with two attached hydrogens (primary N) is 1. The van der Waals surface area contributed by atoms with Crippen LogP contribution in [0, 0.1) is 0 Å². The van der Waals surface area contributed by atoms with Gasteiger partial charge >= 0.3 is 11.9 Å². The Labute approximate surface area is 157 Å². The Morgan fingerprint density at radius 3 is 2.00 bits per heavy atom. The Hall–Kier alpha value is -1.63. The number of esters is 1. The maximum Gasteiger partial charge on any atom is 0.326 e. The molecule has 0 saturated carbocycles. The number of carbonyl (C=O) groups is 3. The van der Waals surface area contributed by atoms with E-state index in [9.17, 15) is 14.4 Å². The number of rotatable bonds is 13. The summed E-state index contributed by atoms with van der Waals surface area (Å²) in [5, 5.41) is 10.6. The summed E-state index contributed by atoms with van der Waals surface area (Å²) >= 11 is 0. The molecule has 0 aromatic carbocycles. The number of carboxylic acids is 1. The molecule has 0 aromatic rings. The fraction of sp³-hybridized carbons (Fsp3) is 0.842. The van der Waals surface area contributed by atoms with Crippen LogP contribution in [0.2, 0.25) is 0 Å². The Bertz CT molecular complexity index is 401. The minimum absolute atomic E-state index is 0.00222. The molecule has 1 saturated heterocycles. The van der Waals surface area contributed by atoms with Crippen LogP contribution in [-0.2, 0) is 19.1 Å². The molecule has 1 rings (SSSR count). The molecule has 1 amide bonds. The lowest BCUT2D eigenvalue weighted by atomic mass is 10.1. The maximum atomic E-state index is 10.7. The molecule has 7 nitrogen and oxygen atoms in total. The first-order valence-electron chi connectivity index (χ1n) is 9.89. The van der Waals surface area contributed by atoms with Gasteiger partial charge in [-0.3, -0.25) is 9.59 Å². The van der Waals surface area contributed by atoms with E-state index in [1.54, 1.807) is 0 Å². The largest absolute Gasteiger partial charge is 0.480 e. The zero-order chi connectivity index (χ0) is 19.6. The highest BCUT2D eigenvalue weighted by Crippen LogP contribution is 2.10. The van der Waals surface area contributed by atoms with Crippen molar-refractivity contribution in [2.24, 2.45) is 5.73 Å². The summed E-state index contributed by atoms with van der Waals surface area (Å²) in [5.41, 5.74) is 5.13. The van der Waals surface area contributed by atoms with Crippen LogP contribution < -0.4 is 11.1 Å². The number of unbranched alkanes of at least 4 members (excludes halogenated alkanes) is 9. The van der Waals surface area contributed by atoms with E-state index in [0.717, 1.165) is 12.8 Å². The molecule has 0 aromatic heterocycles. The summed E-state index contributed by atoms with van der Waals surface area (Å²) in [6.07, 6.45) is 13.7. The lowest BCUT2D eigenvalue weighted by molar-refractivity contribution is -0.142. The van der Waals surface area contributed by atoms with Gasteiger partial charge in [-0.25, -0.2) is 4.79 Å². The smallest absolute Gasteiger partial charge is 0.326 e. The standard InChI is InChI=1S/C14H29NO2.C5H7NO3/c1-2-3-4-5-6-7-8-9-10-11-12-17-14(16)13-15;7-4-2-1-3(6-4)5(8)9/h2-13,15H2,1H3;3H,1-2H2,(H,6,7)(H,8,9). The molecule has 7 heteroatoms. The normalized spacial score (nSPS) is 15.8. The molecule has 0 bridgehead atoms. The first-order valence-corrected chi connectivity index (χ1v) is 9.89. The van der Waals surface area contributed by atoms with E-state index in [1.165, 1.54) is 51.4 Å². The second kappa shape index (κ2) is 16.8. The first kappa shape index (κ1) is 24.4. The predicted molar refractivity (Wildman–Crippen MR) is 101 cm³/mol. The third-order valence-electron chi connectivity index (χ3n) is 4.22. The topological polar surface area (TPSA) is 119 Å². The lowest BCUT2D eigenvalue weighted by Crippen LogP contribution is -2.32. The van der Waals surface area contributed by atoms with Gasteiger partial charge in [-0.2, -0.15) is 0 Å². The molecule has 152 valence electrons. The van der Waals surface area contributed by atoms with Crippen molar-refractivity contribution in [2.75, 3.05) is 13.2 Å². The van der Waals surface area contributed by atoms with Crippen molar-refractivity contribution in [1.29, 1.82) is 0 Å². The van der Waals surface area contributed by atoms with E-state index < -0.39 is 12.0 Å². The van der Waals surface area contributed by atoms with Crippen molar-refractivity contribution >= 4 is 17.8 Å². The molecule has 1 heterocycles. The molecular formula is C19H36N2O5. The predicted octanol–water partition coefficient (Wildman–Crippen LogP) is 2.76. The summed E-state index contributed by atoms with van der Waals surface area (Å²) in [7, 11) is 0. The van der Waals surface area contributed by atoms with Gasteiger partial charge in [0.05, 0.1) is 13.2 Å². The van der Waals surface area contributed by atoms with Gasteiger partial charge in [-0.15, -0.1) is 0 Å². The molecular weight excluding hydrogens is 336 g/mol. The van der Waals surface area contributed by atoms with Crippen molar-refractivity contribution < 1.29 is 24.2 Å². The van der Waals surface area contributed by atoms with Gasteiger partial charge in [-0.1, -0.05) is 64.7 Å². The van der Waals surface area contributed by atoms with E-state index in [0.29, 0.717) is 19.4 Å². The van der Waals surface area contributed by atoms with Crippen molar-refractivity contribution in [3.05, 3.63) is 0 Å². The highest BCUT2D eigenvalue weighted by molar-refractivity contribution is 5.87. The zero-order valence-corrected chi connectivity index (χ0v) is 16.1. The fourth-order valence-corrected chi connectivity index (χ4v) is 2.63. The Kier molecular flexibility index (Phi) is 15.8. The van der Waals surface area contributed by atoms with Crippen LogP contribution in [0.1, 0.15) is 84.0 Å². The molecule has 4 N–H and O–H groups in total. The average Bonchev–Trinajstić information content (AvgIpc) is 3.07. The van der Waals surface area contributed by atoms with Crippen LogP contribution in [0.25, 0.3) is 0 Å². The second-order valence-electron chi connectivity index (χ2n) is 6.60. The number of hydrogen-bond acceptors (Lipinski definition) is 5. The Balaban J connectivity index is 0.000000577. The van der Waals surface area contributed by atoms with E-state index in [2.05, 4.69) is 12.2 Å². The summed E-state index contributed by atoms with van der Waals surface area (Å²) in [5.74, 6) is -1.40. The van der Waals surface area contributed by atoms with E-state index in [1.807, 2.05) is 0 Å². The Morgan fingerprint density at radius 1 is 1.08 bits per heavy atom. The summed E-state index contributed by atoms with van der Waals surface area (Å²) in [6.45, 7) is 2.78. The summed E-state index contributed by atoms with van der Waals surface area (Å²) in [4.78, 5) is 31.2. The number of carboxylic acid groups (broad SMARTS) is 1. The molecule has 0 radical (unpaired) electrons. The highest BCUT2D eigenvalue weighted by Gasteiger charge is 2.26. The number of ether oxygens (including phenoxy) is 1. The molecule has 0 spiro atoms. The minimum atomic E-state index is -0.944. The number of aliphatic carboxylic acids is 1. The lowest BCUT2D eigenvalue weighted by Gasteiger charge is -2.03. The van der Waals surface area contributed by atoms with Crippen molar-refractivity contribution in [3.8, 4) is 0 Å². The molecule has 0 aliphatic carbocycles. The molecule has 1 aliphatic heterocycles. The van der Waals surface area contributed by atoms with Crippen LogP contribution in [0.5, 0.6) is 0 Å². The van der Waals surface area contributed by atoms with Crippen molar-refractivity contribution in [1.82, 2.24) is 5.32 Å². The van der Waals surface area contributed by atoms with Crippen LogP contribution in [0.3, 0.4) is 0 Å². The average molecular weight is 373 g/mol. The molecule has 1 atom stereocenters. The van der Waals surface area contributed by atoms with Gasteiger partial charge in [0.15, 0.2) is 0 Å². The van der Waals surface area contributed by atoms with Gasteiger partial charge in [0.2, 0.25) is 5.91 Å². The Morgan fingerprint density at radius 2 is 1.62 bits per heavy atom. The van der Waals surface area contributed by atoms with Crippen molar-refractivity contribution in [3.63, 3.8) is 0 Å². The number of hydrogen-bond donors (Lipinski definition) is 3. The van der Waals surface area contributed by atoms with Gasteiger partial charge < -0.3 is 20.9 Å². The molecule has 26 heavy (non-hydrogen) atoms. The molecule has 1 aliphatic rings. The molecule has 1 unspecified atom stereocenters. The van der Waals surface area contributed by atoms with E-state index in [-0.39, 0.29) is 18.4 Å². The number of carbonyl (C=O) groups excluding carboxylic acids is 2. The van der Waals surface area contributed by atoms with Crippen LogP contribution >= 0.6 is 0 Å². The van der Waals surface area contributed by atoms with Crippen molar-refractivity contribution in [2.45, 2.75) is 90.0 Å². The van der Waals surface area contributed by atoms with Crippen LogP contribution in [0.4, 0.5) is 0 Å². The second-order valence-corrected chi connectivity index (χ2v) is 6.60. The van der Waals surface area contributed by atoms with E-state index >= 15 is 0 Å². The number of amides is 1. The number of nitrogens with one attached hydrogen (secondary N) is 1. The van der Waals surface area contributed by atoms with Crippen LogP contribution in [-0.4, -0.2) is 42.1 Å². The van der Waals surface area contributed by atoms with Gasteiger partial charge in [0.1, 0.15) is 6.04 Å². The SMILES string of the molecule is CCCCCCCCCCCCOC(=O)CN.O=C1CCC(C(=O)O)N1. The third kappa shape index (κ3) is 14.7. The van der Waals surface area contributed by atoms with Gasteiger partial charge in [0, 0.05) is 6.42 Å². The summed E-state index contributed by atoms with van der Waals surface area (Å²) < 4.78 is 4.90. The van der Waals surface area contributed by atoms with Gasteiger partial charge in [0.25, 0.3) is 0 Å². The summed E-state index contributed by atoms with van der Waals surface area (Å²) in [6, 6.07) is -0.641.